The number of unbranched alkanes of at least 4 members (excludes halogenated alkanes) is 3. The summed E-state index contributed by atoms with van der Waals surface area (Å²) in [5.41, 5.74) is 3.43. The van der Waals surface area contributed by atoms with Gasteiger partial charge in [0.1, 0.15) is 5.75 Å². The Labute approximate surface area is 189 Å². The smallest absolute Gasteiger partial charge is 0.255 e. The number of ether oxygens (including phenoxy) is 1. The molecule has 0 heterocycles. The summed E-state index contributed by atoms with van der Waals surface area (Å²) in [6, 6.07) is 21.6. The number of aryl methyl sites for hydroxylation is 1. The van der Waals surface area contributed by atoms with Crippen molar-refractivity contribution in [3.63, 3.8) is 0 Å². The minimum Gasteiger partial charge on any atom is -0.494 e. The van der Waals surface area contributed by atoms with Crippen LogP contribution < -0.4 is 15.4 Å². The molecule has 0 radical (unpaired) electrons. The maximum Gasteiger partial charge on any atom is 0.255 e. The van der Waals surface area contributed by atoms with Gasteiger partial charge >= 0.3 is 0 Å². The van der Waals surface area contributed by atoms with Crippen molar-refractivity contribution < 1.29 is 14.3 Å². The number of carbonyl (C=O) groups excluding carboxylic acids is 2. The Morgan fingerprint density at radius 3 is 2.00 bits per heavy atom. The molecule has 166 valence electrons. The lowest BCUT2D eigenvalue weighted by atomic mass is 10.1. The molecule has 0 aliphatic heterocycles. The number of hydrogen-bond donors (Lipinski definition) is 2. The zero-order valence-corrected chi connectivity index (χ0v) is 18.7. The van der Waals surface area contributed by atoms with Gasteiger partial charge in [0.15, 0.2) is 0 Å². The lowest BCUT2D eigenvalue weighted by Gasteiger charge is -2.10. The van der Waals surface area contributed by atoms with Gasteiger partial charge in [0.2, 0.25) is 0 Å². The number of nitrogens with one attached hydrogen (secondary N) is 2. The number of carbonyl (C=O) groups is 2. The van der Waals surface area contributed by atoms with E-state index in [-0.39, 0.29) is 11.8 Å². The van der Waals surface area contributed by atoms with Gasteiger partial charge in [-0.05, 0) is 73.5 Å². The fourth-order valence-electron chi connectivity index (χ4n) is 3.29. The predicted molar refractivity (Wildman–Crippen MR) is 130 cm³/mol. The quantitative estimate of drug-likeness (QED) is 0.363. The topological polar surface area (TPSA) is 67.4 Å². The van der Waals surface area contributed by atoms with E-state index >= 15 is 0 Å². The van der Waals surface area contributed by atoms with Crippen molar-refractivity contribution in [2.75, 3.05) is 17.2 Å². The van der Waals surface area contributed by atoms with E-state index in [4.69, 9.17) is 4.74 Å². The molecular weight excluding hydrogens is 400 g/mol. The van der Waals surface area contributed by atoms with Crippen LogP contribution in [0.4, 0.5) is 11.4 Å². The van der Waals surface area contributed by atoms with Crippen molar-refractivity contribution in [3.8, 4) is 5.75 Å². The first-order chi connectivity index (χ1) is 15.6. The van der Waals surface area contributed by atoms with Gasteiger partial charge in [-0.15, -0.1) is 0 Å². The molecule has 0 saturated carbocycles. The van der Waals surface area contributed by atoms with Gasteiger partial charge in [0.25, 0.3) is 11.8 Å². The Morgan fingerprint density at radius 2 is 1.38 bits per heavy atom. The monoisotopic (exact) mass is 430 g/mol. The Balaban J connectivity index is 1.51. The molecule has 0 atom stereocenters. The van der Waals surface area contributed by atoms with E-state index in [0.717, 1.165) is 17.7 Å². The summed E-state index contributed by atoms with van der Waals surface area (Å²) in [6.45, 7) is 4.78. The van der Waals surface area contributed by atoms with E-state index in [1.807, 2.05) is 37.3 Å². The van der Waals surface area contributed by atoms with Crippen LogP contribution in [-0.2, 0) is 0 Å². The van der Waals surface area contributed by atoms with E-state index in [1.165, 1.54) is 19.3 Å². The van der Waals surface area contributed by atoms with Crippen LogP contribution in [-0.4, -0.2) is 18.4 Å². The maximum atomic E-state index is 12.5. The van der Waals surface area contributed by atoms with E-state index < -0.39 is 0 Å². The van der Waals surface area contributed by atoms with Gasteiger partial charge in [-0.25, -0.2) is 0 Å². The second-order valence-electron chi connectivity index (χ2n) is 7.73. The molecule has 3 aromatic rings. The second-order valence-corrected chi connectivity index (χ2v) is 7.73. The summed E-state index contributed by atoms with van der Waals surface area (Å²) in [6.07, 6.45) is 4.64. The highest BCUT2D eigenvalue weighted by atomic mass is 16.5. The van der Waals surface area contributed by atoms with Crippen LogP contribution in [0.15, 0.2) is 72.8 Å². The lowest BCUT2D eigenvalue weighted by molar-refractivity contribution is 0.101. The fourth-order valence-corrected chi connectivity index (χ4v) is 3.29. The van der Waals surface area contributed by atoms with Gasteiger partial charge in [-0.1, -0.05) is 44.4 Å². The number of benzene rings is 3. The fraction of sp³-hybridized carbons (Fsp3) is 0.259. The molecule has 0 spiro atoms. The highest BCUT2D eigenvalue weighted by molar-refractivity contribution is 6.06. The average molecular weight is 431 g/mol. The molecule has 2 N–H and O–H groups in total. The summed E-state index contributed by atoms with van der Waals surface area (Å²) in [7, 11) is 0. The predicted octanol–water partition coefficient (Wildman–Crippen LogP) is 6.46. The summed E-state index contributed by atoms with van der Waals surface area (Å²) in [4.78, 5) is 25.0. The Kier molecular flexibility index (Phi) is 8.44. The first kappa shape index (κ1) is 23.1. The first-order valence-corrected chi connectivity index (χ1v) is 11.1. The third kappa shape index (κ3) is 6.71. The minimum absolute atomic E-state index is 0.160. The minimum atomic E-state index is -0.198. The molecular formula is C27H30N2O3. The van der Waals surface area contributed by atoms with E-state index in [0.29, 0.717) is 29.1 Å². The standard InChI is InChI=1S/C27H30N2O3/c1-3-4-5-8-19-32-24-17-11-21(12-18-24)26(30)28-22-13-15-23(16-14-22)29-27(31)25-10-7-6-9-20(25)2/h6-7,9-18H,3-5,8,19H2,1-2H3,(H,28,30)(H,29,31). The third-order valence-corrected chi connectivity index (χ3v) is 5.17. The van der Waals surface area contributed by atoms with Crippen molar-refractivity contribution >= 4 is 23.2 Å². The maximum absolute atomic E-state index is 12.5. The SMILES string of the molecule is CCCCCCOc1ccc(C(=O)Nc2ccc(NC(=O)c3ccccc3C)cc2)cc1. The van der Waals surface area contributed by atoms with Crippen molar-refractivity contribution in [2.45, 2.75) is 39.5 Å². The van der Waals surface area contributed by atoms with Gasteiger partial charge in [0.05, 0.1) is 6.61 Å². The molecule has 0 aromatic heterocycles. The zero-order chi connectivity index (χ0) is 22.8. The van der Waals surface area contributed by atoms with E-state index in [1.54, 1.807) is 42.5 Å². The molecule has 5 heteroatoms. The molecule has 0 bridgehead atoms. The van der Waals surface area contributed by atoms with Crippen molar-refractivity contribution in [1.82, 2.24) is 0 Å². The summed E-state index contributed by atoms with van der Waals surface area (Å²) < 4.78 is 5.72. The van der Waals surface area contributed by atoms with E-state index in [2.05, 4.69) is 17.6 Å². The Morgan fingerprint density at radius 1 is 0.750 bits per heavy atom. The third-order valence-electron chi connectivity index (χ3n) is 5.17. The van der Waals surface area contributed by atoms with Crippen LogP contribution in [0.3, 0.4) is 0 Å². The van der Waals surface area contributed by atoms with Crippen LogP contribution in [0, 0.1) is 6.92 Å². The Bertz CT molecular complexity index is 1030. The van der Waals surface area contributed by atoms with Gasteiger partial charge in [0, 0.05) is 22.5 Å². The van der Waals surface area contributed by atoms with Gasteiger partial charge in [-0.3, -0.25) is 9.59 Å². The lowest BCUT2D eigenvalue weighted by Crippen LogP contribution is -2.14. The molecule has 5 nitrogen and oxygen atoms in total. The first-order valence-electron chi connectivity index (χ1n) is 11.1. The van der Waals surface area contributed by atoms with Crippen LogP contribution in [0.2, 0.25) is 0 Å². The van der Waals surface area contributed by atoms with Crippen molar-refractivity contribution in [1.29, 1.82) is 0 Å². The molecule has 0 fully saturated rings. The van der Waals surface area contributed by atoms with Crippen LogP contribution in [0.1, 0.15) is 58.9 Å². The second kappa shape index (κ2) is 11.7. The average Bonchev–Trinajstić information content (AvgIpc) is 2.81. The summed E-state index contributed by atoms with van der Waals surface area (Å²) >= 11 is 0. The van der Waals surface area contributed by atoms with Crippen molar-refractivity contribution in [2.24, 2.45) is 0 Å². The van der Waals surface area contributed by atoms with Gasteiger partial charge < -0.3 is 15.4 Å². The molecule has 3 aromatic carbocycles. The van der Waals surface area contributed by atoms with Crippen LogP contribution >= 0.6 is 0 Å². The molecule has 2 amide bonds. The summed E-state index contributed by atoms with van der Waals surface area (Å²) in [5, 5.41) is 5.75. The number of amides is 2. The van der Waals surface area contributed by atoms with Crippen molar-refractivity contribution in [3.05, 3.63) is 89.5 Å². The molecule has 0 aliphatic carbocycles. The van der Waals surface area contributed by atoms with E-state index in [9.17, 15) is 9.59 Å². The largest absolute Gasteiger partial charge is 0.494 e. The highest BCUT2D eigenvalue weighted by Crippen LogP contribution is 2.18. The highest BCUT2D eigenvalue weighted by Gasteiger charge is 2.10. The molecule has 3 rings (SSSR count). The molecule has 0 unspecified atom stereocenters. The molecule has 0 saturated heterocycles. The number of rotatable bonds is 10. The van der Waals surface area contributed by atoms with Gasteiger partial charge in [-0.2, -0.15) is 0 Å². The van der Waals surface area contributed by atoms with Crippen LogP contribution in [0.25, 0.3) is 0 Å². The number of anilines is 2. The zero-order valence-electron chi connectivity index (χ0n) is 18.7. The normalized spacial score (nSPS) is 10.4. The number of hydrogen-bond acceptors (Lipinski definition) is 3. The van der Waals surface area contributed by atoms with Crippen LogP contribution in [0.5, 0.6) is 5.75 Å². The Hall–Kier alpha value is -3.60. The summed E-state index contributed by atoms with van der Waals surface area (Å²) in [5.74, 6) is 0.413. The molecule has 32 heavy (non-hydrogen) atoms. The molecule has 0 aliphatic rings.